The Bertz CT molecular complexity index is 600. The van der Waals surface area contributed by atoms with E-state index in [1.165, 1.54) is 96.3 Å². The van der Waals surface area contributed by atoms with Gasteiger partial charge in [0.25, 0.3) is 0 Å². The molecule has 0 rings (SSSR count). The highest BCUT2D eigenvalue weighted by Crippen LogP contribution is 2.12. The number of carbonyl (C=O) groups is 3. The van der Waals surface area contributed by atoms with Gasteiger partial charge in [-0.3, -0.25) is 4.79 Å². The summed E-state index contributed by atoms with van der Waals surface area (Å²) in [5.74, 6) is -0.449. The van der Waals surface area contributed by atoms with Gasteiger partial charge < -0.3 is 20.7 Å². The molecule has 0 bridgehead atoms. The zero-order valence-corrected chi connectivity index (χ0v) is 26.6. The van der Waals surface area contributed by atoms with E-state index in [0.717, 1.165) is 38.5 Å². The molecule has 1 unspecified atom stereocenters. The molecular formula is C33H65N3O4. The predicted octanol–water partition coefficient (Wildman–Crippen LogP) is 8.35. The standard InChI is InChI=1S/C33H65N3O4/c1-4-7-9-11-13-15-17-19-21-24-28-34-33(39)35-29-25-23-26-30(32(38)40-6-3)36-31(37)27-22-20-18-16-14-12-10-8-5-2/h30H,4-29H2,1-3H3,(H,36,37)(H2,34,35,39). The van der Waals surface area contributed by atoms with E-state index in [9.17, 15) is 14.4 Å². The van der Waals surface area contributed by atoms with Gasteiger partial charge in [-0.05, 0) is 39.0 Å². The molecular weight excluding hydrogens is 502 g/mol. The Hall–Kier alpha value is -1.79. The van der Waals surface area contributed by atoms with E-state index in [4.69, 9.17) is 4.74 Å². The molecule has 7 heteroatoms. The quantitative estimate of drug-likeness (QED) is 0.0625. The van der Waals surface area contributed by atoms with Gasteiger partial charge in [0.2, 0.25) is 5.91 Å². The summed E-state index contributed by atoms with van der Waals surface area (Å²) in [6.07, 6.45) is 26.1. The Morgan fingerprint density at radius 3 is 1.45 bits per heavy atom. The summed E-state index contributed by atoms with van der Waals surface area (Å²) in [6.45, 7) is 7.81. The molecule has 0 aromatic rings. The fourth-order valence-electron chi connectivity index (χ4n) is 4.91. The molecule has 0 aliphatic rings. The Labute approximate surface area is 247 Å². The van der Waals surface area contributed by atoms with Gasteiger partial charge in [0, 0.05) is 19.5 Å². The lowest BCUT2D eigenvalue weighted by atomic mass is 10.1. The first-order valence-electron chi connectivity index (χ1n) is 17.0. The summed E-state index contributed by atoms with van der Waals surface area (Å²) < 4.78 is 5.17. The highest BCUT2D eigenvalue weighted by atomic mass is 16.5. The van der Waals surface area contributed by atoms with Gasteiger partial charge in [-0.2, -0.15) is 0 Å². The second-order valence-corrected chi connectivity index (χ2v) is 11.3. The highest BCUT2D eigenvalue weighted by Gasteiger charge is 2.21. The third kappa shape index (κ3) is 26.4. The number of urea groups is 1. The van der Waals surface area contributed by atoms with Crippen LogP contribution in [0.5, 0.6) is 0 Å². The zero-order chi connectivity index (χ0) is 29.5. The summed E-state index contributed by atoms with van der Waals surface area (Å²) in [5.41, 5.74) is 0. The van der Waals surface area contributed by atoms with Gasteiger partial charge in [0.1, 0.15) is 6.04 Å². The molecule has 0 aliphatic heterocycles. The molecule has 0 aromatic heterocycles. The lowest BCUT2D eigenvalue weighted by molar-refractivity contribution is -0.147. The van der Waals surface area contributed by atoms with Crippen molar-refractivity contribution in [2.45, 2.75) is 174 Å². The van der Waals surface area contributed by atoms with Crippen molar-refractivity contribution in [1.82, 2.24) is 16.0 Å². The zero-order valence-electron chi connectivity index (χ0n) is 26.6. The number of unbranched alkanes of at least 4 members (excludes halogenated alkanes) is 18. The summed E-state index contributed by atoms with van der Waals surface area (Å²) in [5, 5.41) is 8.70. The van der Waals surface area contributed by atoms with Gasteiger partial charge in [0.15, 0.2) is 0 Å². The third-order valence-corrected chi connectivity index (χ3v) is 7.43. The number of amides is 3. The highest BCUT2D eigenvalue weighted by molar-refractivity contribution is 5.84. The Morgan fingerprint density at radius 1 is 0.550 bits per heavy atom. The van der Waals surface area contributed by atoms with Crippen LogP contribution in [0.2, 0.25) is 0 Å². The van der Waals surface area contributed by atoms with Crippen LogP contribution in [0.15, 0.2) is 0 Å². The van der Waals surface area contributed by atoms with Gasteiger partial charge in [-0.15, -0.1) is 0 Å². The van der Waals surface area contributed by atoms with Crippen LogP contribution in [-0.4, -0.2) is 43.6 Å². The first-order valence-corrected chi connectivity index (χ1v) is 17.0. The molecule has 3 amide bonds. The second kappa shape index (κ2) is 30.2. The van der Waals surface area contributed by atoms with Crippen molar-refractivity contribution in [2.75, 3.05) is 19.7 Å². The van der Waals surface area contributed by atoms with Gasteiger partial charge >= 0.3 is 12.0 Å². The van der Waals surface area contributed by atoms with Gasteiger partial charge in [0.05, 0.1) is 6.61 Å². The molecule has 0 spiro atoms. The Morgan fingerprint density at radius 2 is 0.975 bits per heavy atom. The van der Waals surface area contributed by atoms with Crippen LogP contribution in [0.3, 0.4) is 0 Å². The fourth-order valence-corrected chi connectivity index (χ4v) is 4.91. The molecule has 40 heavy (non-hydrogen) atoms. The number of hydrogen-bond acceptors (Lipinski definition) is 4. The largest absolute Gasteiger partial charge is 0.464 e. The van der Waals surface area contributed by atoms with Crippen LogP contribution in [0.25, 0.3) is 0 Å². The van der Waals surface area contributed by atoms with Crippen LogP contribution >= 0.6 is 0 Å². The minimum absolute atomic E-state index is 0.0783. The number of ether oxygens (including phenoxy) is 1. The summed E-state index contributed by atoms with van der Waals surface area (Å²) in [7, 11) is 0. The Balaban J connectivity index is 3.86. The first-order chi connectivity index (χ1) is 19.5. The lowest BCUT2D eigenvalue weighted by Crippen LogP contribution is -2.42. The van der Waals surface area contributed by atoms with Crippen molar-refractivity contribution in [3.63, 3.8) is 0 Å². The monoisotopic (exact) mass is 567 g/mol. The Kier molecular flexibility index (Phi) is 28.8. The van der Waals surface area contributed by atoms with Gasteiger partial charge in [-0.25, -0.2) is 9.59 Å². The molecule has 0 heterocycles. The average Bonchev–Trinajstić information content (AvgIpc) is 2.94. The number of rotatable bonds is 29. The summed E-state index contributed by atoms with van der Waals surface area (Å²) in [6, 6.07) is -0.747. The van der Waals surface area contributed by atoms with Crippen LogP contribution in [0.4, 0.5) is 4.79 Å². The van der Waals surface area contributed by atoms with Gasteiger partial charge in [-0.1, -0.05) is 123 Å². The molecule has 236 valence electrons. The maximum absolute atomic E-state index is 12.4. The molecule has 0 saturated heterocycles. The normalized spacial score (nSPS) is 11.7. The van der Waals surface area contributed by atoms with E-state index in [1.54, 1.807) is 6.92 Å². The van der Waals surface area contributed by atoms with E-state index in [-0.39, 0.29) is 17.9 Å². The number of nitrogens with one attached hydrogen (secondary N) is 3. The van der Waals surface area contributed by atoms with E-state index in [1.807, 2.05) is 0 Å². The maximum atomic E-state index is 12.4. The fraction of sp³-hybridized carbons (Fsp3) is 0.909. The number of carbonyl (C=O) groups excluding carboxylic acids is 3. The van der Waals surface area contributed by atoms with Crippen LogP contribution in [-0.2, 0) is 14.3 Å². The third-order valence-electron chi connectivity index (χ3n) is 7.43. The molecule has 0 aliphatic carbocycles. The molecule has 0 aromatic carbocycles. The van der Waals surface area contributed by atoms with Crippen LogP contribution < -0.4 is 16.0 Å². The number of esters is 1. The summed E-state index contributed by atoms with van der Waals surface area (Å²) in [4.78, 5) is 36.8. The van der Waals surface area contributed by atoms with Crippen molar-refractivity contribution >= 4 is 17.9 Å². The van der Waals surface area contributed by atoms with Crippen LogP contribution in [0.1, 0.15) is 168 Å². The van der Waals surface area contributed by atoms with Crippen LogP contribution in [0, 0.1) is 0 Å². The average molecular weight is 568 g/mol. The minimum atomic E-state index is -0.615. The summed E-state index contributed by atoms with van der Waals surface area (Å²) >= 11 is 0. The molecule has 0 fully saturated rings. The topological polar surface area (TPSA) is 96.5 Å². The van der Waals surface area contributed by atoms with Crippen molar-refractivity contribution in [1.29, 1.82) is 0 Å². The van der Waals surface area contributed by atoms with E-state index >= 15 is 0 Å². The SMILES string of the molecule is CCCCCCCCCCCCNC(=O)NCCCCC(NC(=O)CCCCCCCCCCC)C(=O)OCC. The molecule has 0 radical (unpaired) electrons. The molecule has 3 N–H and O–H groups in total. The van der Waals surface area contributed by atoms with E-state index < -0.39 is 6.04 Å². The lowest BCUT2D eigenvalue weighted by Gasteiger charge is -2.17. The van der Waals surface area contributed by atoms with Crippen molar-refractivity contribution in [3.05, 3.63) is 0 Å². The first kappa shape index (κ1) is 38.2. The molecule has 1 atom stereocenters. The predicted molar refractivity (Wildman–Crippen MR) is 168 cm³/mol. The van der Waals surface area contributed by atoms with Crippen molar-refractivity contribution in [3.8, 4) is 0 Å². The van der Waals surface area contributed by atoms with Crippen molar-refractivity contribution in [2.24, 2.45) is 0 Å². The van der Waals surface area contributed by atoms with E-state index in [2.05, 4.69) is 29.8 Å². The number of hydrogen-bond donors (Lipinski definition) is 3. The minimum Gasteiger partial charge on any atom is -0.464 e. The van der Waals surface area contributed by atoms with Crippen molar-refractivity contribution < 1.29 is 19.1 Å². The maximum Gasteiger partial charge on any atom is 0.328 e. The second-order valence-electron chi connectivity index (χ2n) is 11.3. The molecule has 0 saturated carbocycles. The molecule has 7 nitrogen and oxygen atoms in total. The smallest absolute Gasteiger partial charge is 0.328 e. The van der Waals surface area contributed by atoms with E-state index in [0.29, 0.717) is 32.5 Å².